The topological polar surface area (TPSA) is 140 Å². The Balaban J connectivity index is 0.00000420. The monoisotopic (exact) mass is 428 g/mol. The zero-order chi connectivity index (χ0) is 20.6. The summed E-state index contributed by atoms with van der Waals surface area (Å²) in [5.74, 6) is 1.06. The molecule has 5 N–H and O–H groups in total. The van der Waals surface area contributed by atoms with Crippen LogP contribution < -0.4 is 5.73 Å². The highest BCUT2D eigenvalue weighted by Crippen LogP contribution is 2.22. The van der Waals surface area contributed by atoms with E-state index in [4.69, 9.17) is 10.3 Å². The van der Waals surface area contributed by atoms with Gasteiger partial charge < -0.3 is 16.1 Å². The summed E-state index contributed by atoms with van der Waals surface area (Å²) in [7, 11) is -4.69. The van der Waals surface area contributed by atoms with Gasteiger partial charge in [0.1, 0.15) is 17.8 Å². The van der Waals surface area contributed by atoms with Crippen molar-refractivity contribution in [2.45, 2.75) is 58.7 Å². The van der Waals surface area contributed by atoms with Crippen molar-refractivity contribution in [1.82, 2.24) is 9.96 Å². The number of benzene rings is 1. The number of aliphatic imine (C=N–C) groups is 1. The number of hydrogen-bond acceptors (Lipinski definition) is 7. The van der Waals surface area contributed by atoms with Crippen molar-refractivity contribution >= 4 is 16.2 Å². The smallest absolute Gasteiger partial charge is 0.412 e. The van der Waals surface area contributed by atoms with Crippen LogP contribution in [-0.4, -0.2) is 47.0 Å². The molecule has 1 atom stereocenters. The van der Waals surface area contributed by atoms with E-state index in [9.17, 15) is 8.42 Å². The standard InChI is InChI=1S/C19H30N4O4S.H2O/c1-3-5-6-10-13-18-21-19(14-17(20)23(18)27-28(24,25)26)22(4-2)15-16-11-8-7-9-12-16;/h7-9,11-12,14,17H,3-6,10,13,15,20H2,1-2H3,(H,24,25,26);1H2. The Morgan fingerprint density at radius 2 is 1.90 bits per heavy atom. The second-order valence-electron chi connectivity index (χ2n) is 6.68. The predicted molar refractivity (Wildman–Crippen MR) is 113 cm³/mol. The van der Waals surface area contributed by atoms with E-state index in [-0.39, 0.29) is 5.48 Å². The zero-order valence-electron chi connectivity index (χ0n) is 17.0. The molecule has 0 amide bonds. The van der Waals surface area contributed by atoms with E-state index in [0.717, 1.165) is 36.3 Å². The van der Waals surface area contributed by atoms with Crippen LogP contribution in [0.3, 0.4) is 0 Å². The lowest BCUT2D eigenvalue weighted by Gasteiger charge is -2.34. The molecule has 0 saturated heterocycles. The first kappa shape index (κ1) is 25.1. The third kappa shape index (κ3) is 8.11. The fraction of sp³-hybridized carbons (Fsp3) is 0.526. The molecule has 1 unspecified atom stereocenters. The number of nitrogens with two attached hydrogens (primary N) is 1. The van der Waals surface area contributed by atoms with Crippen molar-refractivity contribution in [3.63, 3.8) is 0 Å². The first-order valence-electron chi connectivity index (χ1n) is 9.64. The molecule has 164 valence electrons. The number of hydroxylamine groups is 2. The Hall–Kier alpha value is -1.98. The molecule has 0 aliphatic carbocycles. The number of rotatable bonds is 11. The zero-order valence-corrected chi connectivity index (χ0v) is 17.8. The van der Waals surface area contributed by atoms with Gasteiger partial charge in [-0.1, -0.05) is 56.5 Å². The summed E-state index contributed by atoms with van der Waals surface area (Å²) in [6.45, 7) is 5.50. The van der Waals surface area contributed by atoms with Gasteiger partial charge >= 0.3 is 10.4 Å². The van der Waals surface area contributed by atoms with Crippen LogP contribution in [-0.2, 0) is 21.2 Å². The Morgan fingerprint density at radius 1 is 1.21 bits per heavy atom. The molecule has 0 spiro atoms. The minimum absolute atomic E-state index is 0. The minimum Gasteiger partial charge on any atom is -0.412 e. The maximum absolute atomic E-state index is 11.2. The first-order chi connectivity index (χ1) is 13.3. The molecule has 0 bridgehead atoms. The van der Waals surface area contributed by atoms with Crippen molar-refractivity contribution in [2.75, 3.05) is 6.54 Å². The van der Waals surface area contributed by atoms with Gasteiger partial charge in [0, 0.05) is 19.5 Å². The van der Waals surface area contributed by atoms with Crippen LogP contribution >= 0.6 is 0 Å². The molecule has 1 aromatic carbocycles. The maximum Gasteiger partial charge on any atom is 0.418 e. The summed E-state index contributed by atoms with van der Waals surface area (Å²) < 4.78 is 36.2. The second-order valence-corrected chi connectivity index (χ2v) is 7.69. The van der Waals surface area contributed by atoms with Gasteiger partial charge in [-0.2, -0.15) is 13.5 Å². The van der Waals surface area contributed by atoms with Crippen LogP contribution in [0, 0.1) is 0 Å². The van der Waals surface area contributed by atoms with E-state index in [1.165, 1.54) is 0 Å². The fourth-order valence-electron chi connectivity index (χ4n) is 3.02. The lowest BCUT2D eigenvalue weighted by molar-refractivity contribution is -0.0143. The Kier molecular flexibility index (Phi) is 10.3. The number of nitrogens with zero attached hydrogens (tertiary/aromatic N) is 3. The van der Waals surface area contributed by atoms with E-state index in [1.54, 1.807) is 6.08 Å². The average Bonchev–Trinajstić information content (AvgIpc) is 2.65. The molecule has 0 aromatic heterocycles. The Labute approximate surface area is 173 Å². The molecule has 0 fully saturated rings. The second kappa shape index (κ2) is 11.9. The SMILES string of the molecule is CCCCCCC1=NC(N(CC)Cc2ccccc2)=CC(N)N1OS(=O)(=O)O.O. The van der Waals surface area contributed by atoms with Crippen LogP contribution in [0.15, 0.2) is 47.2 Å². The molecule has 1 aliphatic rings. The molecular weight excluding hydrogens is 396 g/mol. The largest absolute Gasteiger partial charge is 0.418 e. The molecule has 1 aromatic rings. The highest BCUT2D eigenvalue weighted by molar-refractivity contribution is 7.80. The average molecular weight is 429 g/mol. The predicted octanol–water partition coefficient (Wildman–Crippen LogP) is 2.23. The van der Waals surface area contributed by atoms with E-state index in [1.807, 2.05) is 37.3 Å². The summed E-state index contributed by atoms with van der Waals surface area (Å²) >= 11 is 0. The van der Waals surface area contributed by atoms with Crippen LogP contribution in [0.5, 0.6) is 0 Å². The maximum atomic E-state index is 11.2. The quantitative estimate of drug-likeness (QED) is 0.407. The summed E-state index contributed by atoms with van der Waals surface area (Å²) in [6, 6.07) is 10.00. The van der Waals surface area contributed by atoms with E-state index < -0.39 is 16.6 Å². The molecule has 1 aliphatic heterocycles. The lowest BCUT2D eigenvalue weighted by Crippen LogP contribution is -2.48. The van der Waals surface area contributed by atoms with Crippen LogP contribution in [0.4, 0.5) is 0 Å². The highest BCUT2D eigenvalue weighted by atomic mass is 32.3. The van der Waals surface area contributed by atoms with E-state index in [2.05, 4.69) is 21.1 Å². The summed E-state index contributed by atoms with van der Waals surface area (Å²) in [4.78, 5) is 6.67. The van der Waals surface area contributed by atoms with E-state index >= 15 is 0 Å². The normalized spacial score (nSPS) is 16.7. The van der Waals surface area contributed by atoms with Gasteiger partial charge in [-0.25, -0.2) is 4.99 Å². The van der Waals surface area contributed by atoms with Gasteiger partial charge in [-0.15, -0.1) is 4.28 Å². The van der Waals surface area contributed by atoms with Crippen LogP contribution in [0.25, 0.3) is 0 Å². The van der Waals surface area contributed by atoms with Crippen molar-refractivity contribution in [1.29, 1.82) is 0 Å². The van der Waals surface area contributed by atoms with Crippen molar-refractivity contribution in [3.8, 4) is 0 Å². The highest BCUT2D eigenvalue weighted by Gasteiger charge is 2.29. The summed E-state index contributed by atoms with van der Waals surface area (Å²) in [5, 5.41) is 0.973. The third-order valence-corrected chi connectivity index (χ3v) is 4.79. The molecule has 0 saturated carbocycles. The van der Waals surface area contributed by atoms with Gasteiger partial charge in [0.15, 0.2) is 0 Å². The number of hydrogen-bond donors (Lipinski definition) is 2. The molecule has 1 heterocycles. The van der Waals surface area contributed by atoms with Crippen molar-refractivity contribution < 1.29 is 22.7 Å². The Morgan fingerprint density at radius 3 is 2.48 bits per heavy atom. The van der Waals surface area contributed by atoms with Crippen molar-refractivity contribution in [3.05, 3.63) is 47.8 Å². The lowest BCUT2D eigenvalue weighted by atomic mass is 10.1. The van der Waals surface area contributed by atoms with Gasteiger partial charge in [0.05, 0.1) is 0 Å². The minimum atomic E-state index is -4.69. The van der Waals surface area contributed by atoms with E-state index in [0.29, 0.717) is 31.2 Å². The number of unbranched alkanes of at least 4 members (excludes halogenated alkanes) is 3. The number of amidine groups is 1. The van der Waals surface area contributed by atoms with Gasteiger partial charge in [-0.3, -0.25) is 4.55 Å². The Bertz CT molecular complexity index is 783. The molecule has 9 nitrogen and oxygen atoms in total. The first-order valence-corrected chi connectivity index (χ1v) is 11.0. The van der Waals surface area contributed by atoms with Gasteiger partial charge in [0.25, 0.3) is 0 Å². The third-order valence-electron chi connectivity index (χ3n) is 4.44. The van der Waals surface area contributed by atoms with Gasteiger partial charge in [0.2, 0.25) is 0 Å². The van der Waals surface area contributed by atoms with Crippen LogP contribution in [0.2, 0.25) is 0 Å². The molecule has 10 heteroatoms. The molecule has 29 heavy (non-hydrogen) atoms. The molecule has 0 radical (unpaired) electrons. The fourth-order valence-corrected chi connectivity index (χ4v) is 3.40. The summed E-state index contributed by atoms with van der Waals surface area (Å²) in [6.07, 6.45) is 5.24. The van der Waals surface area contributed by atoms with Crippen LogP contribution in [0.1, 0.15) is 51.5 Å². The van der Waals surface area contributed by atoms with Crippen molar-refractivity contribution in [2.24, 2.45) is 10.7 Å². The van der Waals surface area contributed by atoms with Gasteiger partial charge in [-0.05, 0) is 25.0 Å². The molecular formula is C19H32N4O5S. The molecule has 2 rings (SSSR count). The summed E-state index contributed by atoms with van der Waals surface area (Å²) in [5.41, 5.74) is 7.26.